The Hall–Kier alpha value is -1.11. The first-order chi connectivity index (χ1) is 6.34. The van der Waals surface area contributed by atoms with Crippen LogP contribution in [-0.4, -0.2) is 29.9 Å². The van der Waals surface area contributed by atoms with Gasteiger partial charge in [0.25, 0.3) is 5.91 Å². The van der Waals surface area contributed by atoms with Crippen molar-refractivity contribution in [2.75, 3.05) is 14.1 Å². The minimum absolute atomic E-state index is 0.373. The summed E-state index contributed by atoms with van der Waals surface area (Å²) < 4.78 is 36.8. The fraction of sp³-hybridized carbons (Fsp3) is 0.429. The molecule has 0 saturated heterocycles. The summed E-state index contributed by atoms with van der Waals surface area (Å²) in [6, 6.07) is 0. The molecule has 1 amide bonds. The minimum Gasteiger partial charge on any atom is -0.344 e. The van der Waals surface area contributed by atoms with Crippen molar-refractivity contribution in [2.45, 2.75) is 6.18 Å². The number of hydrogen-bond donors (Lipinski definition) is 0. The highest BCUT2D eigenvalue weighted by atomic mass is 32.1. The van der Waals surface area contributed by atoms with Crippen LogP contribution in [0.3, 0.4) is 0 Å². The molecule has 0 atom stereocenters. The molecule has 0 aliphatic rings. The van der Waals surface area contributed by atoms with Crippen molar-refractivity contribution in [3.8, 4) is 0 Å². The Bertz CT molecular complexity index is 345. The highest BCUT2D eigenvalue weighted by molar-refractivity contribution is 7.11. The van der Waals surface area contributed by atoms with Crippen molar-refractivity contribution >= 4 is 17.2 Å². The zero-order chi connectivity index (χ0) is 10.9. The van der Waals surface area contributed by atoms with Gasteiger partial charge in [0.2, 0.25) is 0 Å². The molecule has 0 radical (unpaired) electrons. The molecule has 0 spiro atoms. The molecule has 1 aromatic rings. The summed E-state index contributed by atoms with van der Waals surface area (Å²) in [5.41, 5.74) is -0.0966. The molecule has 14 heavy (non-hydrogen) atoms. The van der Waals surface area contributed by atoms with Gasteiger partial charge in [0.05, 0.1) is 5.51 Å². The quantitative estimate of drug-likeness (QED) is 0.729. The van der Waals surface area contributed by atoms with Crippen LogP contribution in [-0.2, 0) is 6.18 Å². The maximum absolute atomic E-state index is 12.3. The average molecular weight is 224 g/mol. The van der Waals surface area contributed by atoms with E-state index in [1.165, 1.54) is 14.1 Å². The first-order valence-electron chi connectivity index (χ1n) is 3.56. The molecule has 78 valence electrons. The first kappa shape index (κ1) is 11.0. The number of amides is 1. The Labute approximate surface area is 82.2 Å². The van der Waals surface area contributed by atoms with Gasteiger partial charge >= 0.3 is 6.18 Å². The Morgan fingerprint density at radius 1 is 1.50 bits per heavy atom. The van der Waals surface area contributed by atoms with Crippen molar-refractivity contribution < 1.29 is 18.0 Å². The van der Waals surface area contributed by atoms with E-state index in [-0.39, 0.29) is 4.88 Å². The molecular formula is C7H7F3N2OS. The normalized spacial score (nSPS) is 11.5. The number of carbonyl (C=O) groups excluding carboxylic acids is 1. The highest BCUT2D eigenvalue weighted by Crippen LogP contribution is 2.32. The zero-order valence-corrected chi connectivity index (χ0v) is 8.24. The van der Waals surface area contributed by atoms with Gasteiger partial charge < -0.3 is 4.90 Å². The molecule has 1 heterocycles. The average Bonchev–Trinajstić information content (AvgIpc) is 2.48. The van der Waals surface area contributed by atoms with E-state index in [4.69, 9.17) is 0 Å². The van der Waals surface area contributed by atoms with E-state index in [1.54, 1.807) is 0 Å². The smallest absolute Gasteiger partial charge is 0.344 e. The molecule has 7 heteroatoms. The predicted octanol–water partition coefficient (Wildman–Crippen LogP) is 1.86. The summed E-state index contributed by atoms with van der Waals surface area (Å²) >= 11 is 0.691. The van der Waals surface area contributed by atoms with Crippen LogP contribution in [0.4, 0.5) is 13.2 Å². The fourth-order valence-corrected chi connectivity index (χ4v) is 1.63. The monoisotopic (exact) mass is 224 g/mol. The van der Waals surface area contributed by atoms with Crippen LogP contribution in [0.25, 0.3) is 0 Å². The van der Waals surface area contributed by atoms with Gasteiger partial charge in [-0.05, 0) is 0 Å². The number of alkyl halides is 3. The van der Waals surface area contributed by atoms with E-state index in [2.05, 4.69) is 4.98 Å². The predicted molar refractivity (Wildman–Crippen MR) is 45.1 cm³/mol. The van der Waals surface area contributed by atoms with E-state index in [0.29, 0.717) is 11.3 Å². The van der Waals surface area contributed by atoms with Crippen molar-refractivity contribution in [3.63, 3.8) is 0 Å². The Balaban J connectivity index is 3.12. The van der Waals surface area contributed by atoms with Crippen LogP contribution in [0.5, 0.6) is 0 Å². The van der Waals surface area contributed by atoms with E-state index in [1.807, 2.05) is 0 Å². The third-order valence-corrected chi connectivity index (χ3v) is 2.25. The van der Waals surface area contributed by atoms with Crippen LogP contribution >= 0.6 is 11.3 Å². The van der Waals surface area contributed by atoms with Crippen molar-refractivity contribution in [2.24, 2.45) is 0 Å². The van der Waals surface area contributed by atoms with Gasteiger partial charge in [0, 0.05) is 14.1 Å². The van der Waals surface area contributed by atoms with Gasteiger partial charge in [-0.25, -0.2) is 4.98 Å². The molecule has 3 nitrogen and oxygen atoms in total. The topological polar surface area (TPSA) is 33.2 Å². The van der Waals surface area contributed by atoms with E-state index in [9.17, 15) is 18.0 Å². The van der Waals surface area contributed by atoms with Gasteiger partial charge in [-0.3, -0.25) is 4.79 Å². The van der Waals surface area contributed by atoms with Crippen LogP contribution in [0.15, 0.2) is 5.51 Å². The summed E-state index contributed by atoms with van der Waals surface area (Å²) in [6.45, 7) is 0. The van der Waals surface area contributed by atoms with Gasteiger partial charge in [-0.15, -0.1) is 11.3 Å². The van der Waals surface area contributed by atoms with Crippen LogP contribution in [0.2, 0.25) is 0 Å². The highest BCUT2D eigenvalue weighted by Gasteiger charge is 2.38. The Morgan fingerprint density at radius 2 is 2.07 bits per heavy atom. The molecule has 0 saturated carbocycles. The third-order valence-electron chi connectivity index (χ3n) is 1.44. The van der Waals surface area contributed by atoms with E-state index >= 15 is 0 Å². The van der Waals surface area contributed by atoms with Gasteiger partial charge in [0.15, 0.2) is 5.69 Å². The standard InChI is InChI=1S/C7H7F3N2OS/c1-12(2)6(13)4-5(7(8,9)10)11-3-14-4/h3H,1-2H3. The molecule has 0 unspecified atom stereocenters. The lowest BCUT2D eigenvalue weighted by Gasteiger charge is -2.10. The first-order valence-corrected chi connectivity index (χ1v) is 4.44. The largest absolute Gasteiger partial charge is 0.434 e. The second-order valence-electron chi connectivity index (χ2n) is 2.73. The summed E-state index contributed by atoms with van der Waals surface area (Å²) in [5.74, 6) is -0.681. The van der Waals surface area contributed by atoms with Crippen LogP contribution < -0.4 is 0 Å². The molecule has 0 aliphatic carbocycles. The maximum atomic E-state index is 12.3. The fourth-order valence-electron chi connectivity index (χ4n) is 0.803. The SMILES string of the molecule is CN(C)C(=O)c1scnc1C(F)(F)F. The third kappa shape index (κ3) is 2.03. The van der Waals surface area contributed by atoms with Crippen LogP contribution in [0.1, 0.15) is 15.4 Å². The number of carbonyl (C=O) groups is 1. The second kappa shape index (κ2) is 3.56. The maximum Gasteiger partial charge on any atom is 0.434 e. The van der Waals surface area contributed by atoms with Gasteiger partial charge in [0.1, 0.15) is 4.88 Å². The molecule has 0 bridgehead atoms. The number of aromatic nitrogens is 1. The number of nitrogens with zero attached hydrogens (tertiary/aromatic N) is 2. The molecule has 0 fully saturated rings. The molecule has 0 N–H and O–H groups in total. The van der Waals surface area contributed by atoms with Gasteiger partial charge in [-0.1, -0.05) is 0 Å². The zero-order valence-electron chi connectivity index (χ0n) is 7.42. The number of halogens is 3. The molecule has 0 aromatic carbocycles. The second-order valence-corrected chi connectivity index (χ2v) is 3.58. The Morgan fingerprint density at radius 3 is 2.50 bits per heavy atom. The van der Waals surface area contributed by atoms with Crippen molar-refractivity contribution in [3.05, 3.63) is 16.1 Å². The molecular weight excluding hydrogens is 217 g/mol. The molecule has 0 aliphatic heterocycles. The lowest BCUT2D eigenvalue weighted by atomic mass is 10.3. The van der Waals surface area contributed by atoms with Gasteiger partial charge in [-0.2, -0.15) is 13.2 Å². The number of hydrogen-bond acceptors (Lipinski definition) is 3. The number of rotatable bonds is 1. The summed E-state index contributed by atoms with van der Waals surface area (Å²) in [5, 5.41) is 0. The van der Waals surface area contributed by atoms with E-state index in [0.717, 1.165) is 10.4 Å². The minimum atomic E-state index is -4.57. The lowest BCUT2D eigenvalue weighted by Crippen LogP contribution is -2.23. The van der Waals surface area contributed by atoms with Crippen molar-refractivity contribution in [1.29, 1.82) is 0 Å². The lowest BCUT2D eigenvalue weighted by molar-refractivity contribution is -0.141. The van der Waals surface area contributed by atoms with Crippen LogP contribution in [0, 0.1) is 0 Å². The molecule has 1 rings (SSSR count). The van der Waals surface area contributed by atoms with Crippen molar-refractivity contribution in [1.82, 2.24) is 9.88 Å². The summed E-state index contributed by atoms with van der Waals surface area (Å²) in [7, 11) is 2.78. The molecule has 1 aromatic heterocycles. The Kier molecular flexibility index (Phi) is 2.79. The number of thiazole rings is 1. The summed E-state index contributed by atoms with van der Waals surface area (Å²) in [4.78, 5) is 15.1. The van der Waals surface area contributed by atoms with E-state index < -0.39 is 17.8 Å². The summed E-state index contributed by atoms with van der Waals surface area (Å²) in [6.07, 6.45) is -4.57.